The normalized spacial score (nSPS) is 36.4. The van der Waals surface area contributed by atoms with Gasteiger partial charge in [0.2, 0.25) is 0 Å². The van der Waals surface area contributed by atoms with Crippen LogP contribution in [-0.2, 0) is 19.9 Å². The number of esters is 1. The zero-order valence-corrected chi connectivity index (χ0v) is 11.5. The summed E-state index contributed by atoms with van der Waals surface area (Å²) < 4.78 is 10.9. The first-order valence-electron chi connectivity index (χ1n) is 6.94. The molecule has 0 N–H and O–H groups in total. The van der Waals surface area contributed by atoms with E-state index in [4.69, 9.17) is 9.47 Å². The second-order valence-electron chi connectivity index (χ2n) is 5.56. The molecule has 0 aliphatic heterocycles. The van der Waals surface area contributed by atoms with E-state index in [1.54, 1.807) is 7.11 Å². The lowest BCUT2D eigenvalue weighted by molar-refractivity contribution is -0.251. The SMILES string of the molecule is COC(=O)C1C2CCCC1C2(OC)c1ccccc1. The Morgan fingerprint density at radius 1 is 1.16 bits per heavy atom. The summed E-state index contributed by atoms with van der Waals surface area (Å²) in [6, 6.07) is 10.3. The third-order valence-electron chi connectivity index (χ3n) is 5.04. The van der Waals surface area contributed by atoms with Crippen molar-refractivity contribution in [1.82, 2.24) is 0 Å². The fourth-order valence-corrected chi connectivity index (χ4v) is 4.33. The number of carbonyl (C=O) groups excluding carboxylic acids is 1. The molecular weight excluding hydrogens is 240 g/mol. The average molecular weight is 260 g/mol. The minimum atomic E-state index is -0.279. The maximum absolute atomic E-state index is 12.0. The highest BCUT2D eigenvalue weighted by Crippen LogP contribution is 2.64. The van der Waals surface area contributed by atoms with Crippen molar-refractivity contribution in [2.45, 2.75) is 24.9 Å². The highest BCUT2D eigenvalue weighted by molar-refractivity contribution is 5.75. The summed E-state index contributed by atoms with van der Waals surface area (Å²) in [6.45, 7) is 0. The molecule has 3 nitrogen and oxygen atoms in total. The lowest BCUT2D eigenvalue weighted by atomic mass is 9.45. The molecule has 0 heterocycles. The maximum Gasteiger partial charge on any atom is 0.309 e. The van der Waals surface area contributed by atoms with E-state index in [-0.39, 0.29) is 29.3 Å². The Kier molecular flexibility index (Phi) is 3.09. The number of carbonyl (C=O) groups is 1. The van der Waals surface area contributed by atoms with Crippen molar-refractivity contribution in [3.63, 3.8) is 0 Å². The van der Waals surface area contributed by atoms with Crippen molar-refractivity contribution >= 4 is 5.97 Å². The van der Waals surface area contributed by atoms with Crippen LogP contribution in [0.2, 0.25) is 0 Å². The fraction of sp³-hybridized carbons (Fsp3) is 0.562. The van der Waals surface area contributed by atoms with Crippen LogP contribution in [0.15, 0.2) is 30.3 Å². The number of ether oxygens (including phenoxy) is 2. The van der Waals surface area contributed by atoms with Gasteiger partial charge in [0.05, 0.1) is 18.6 Å². The molecule has 2 saturated carbocycles. The van der Waals surface area contributed by atoms with Crippen molar-refractivity contribution in [1.29, 1.82) is 0 Å². The van der Waals surface area contributed by atoms with Gasteiger partial charge in [-0.15, -0.1) is 0 Å². The van der Waals surface area contributed by atoms with Gasteiger partial charge in [-0.3, -0.25) is 4.79 Å². The topological polar surface area (TPSA) is 35.5 Å². The Hall–Kier alpha value is -1.35. The number of hydrogen-bond acceptors (Lipinski definition) is 3. The van der Waals surface area contributed by atoms with E-state index in [2.05, 4.69) is 12.1 Å². The number of fused-ring (bicyclic) bond motifs is 2. The van der Waals surface area contributed by atoms with Crippen molar-refractivity contribution in [3.8, 4) is 0 Å². The Labute approximate surface area is 113 Å². The van der Waals surface area contributed by atoms with Crippen LogP contribution in [-0.4, -0.2) is 20.2 Å². The van der Waals surface area contributed by atoms with E-state index in [1.165, 1.54) is 19.1 Å². The summed E-state index contributed by atoms with van der Waals surface area (Å²) in [5.74, 6) is 0.453. The molecule has 0 aromatic heterocycles. The molecule has 2 aliphatic carbocycles. The zero-order valence-electron chi connectivity index (χ0n) is 11.5. The van der Waals surface area contributed by atoms with Crippen LogP contribution < -0.4 is 0 Å². The van der Waals surface area contributed by atoms with E-state index < -0.39 is 0 Å². The first-order valence-corrected chi connectivity index (χ1v) is 6.94. The summed E-state index contributed by atoms with van der Waals surface area (Å²) in [5, 5.41) is 0. The van der Waals surface area contributed by atoms with Crippen LogP contribution in [0.3, 0.4) is 0 Å². The zero-order chi connectivity index (χ0) is 13.5. The monoisotopic (exact) mass is 260 g/mol. The largest absolute Gasteiger partial charge is 0.469 e. The summed E-state index contributed by atoms with van der Waals surface area (Å²) in [5.41, 5.74) is 0.922. The quantitative estimate of drug-likeness (QED) is 0.784. The van der Waals surface area contributed by atoms with Gasteiger partial charge in [0, 0.05) is 18.9 Å². The second kappa shape index (κ2) is 4.64. The van der Waals surface area contributed by atoms with Gasteiger partial charge in [0.15, 0.2) is 0 Å². The van der Waals surface area contributed by atoms with Gasteiger partial charge in [-0.25, -0.2) is 0 Å². The van der Waals surface area contributed by atoms with Crippen molar-refractivity contribution in [3.05, 3.63) is 35.9 Å². The molecule has 2 bridgehead atoms. The van der Waals surface area contributed by atoms with Crippen LogP contribution in [0, 0.1) is 17.8 Å². The molecule has 19 heavy (non-hydrogen) atoms. The van der Waals surface area contributed by atoms with Crippen molar-refractivity contribution < 1.29 is 14.3 Å². The van der Waals surface area contributed by atoms with Gasteiger partial charge in [-0.05, 0) is 18.4 Å². The van der Waals surface area contributed by atoms with Crippen LogP contribution in [0.1, 0.15) is 24.8 Å². The third-order valence-corrected chi connectivity index (χ3v) is 5.04. The lowest BCUT2D eigenvalue weighted by Gasteiger charge is -2.62. The molecule has 0 saturated heterocycles. The second-order valence-corrected chi connectivity index (χ2v) is 5.56. The summed E-state index contributed by atoms with van der Waals surface area (Å²) in [4.78, 5) is 12.0. The van der Waals surface area contributed by atoms with Crippen molar-refractivity contribution in [2.75, 3.05) is 14.2 Å². The predicted molar refractivity (Wildman–Crippen MR) is 71.5 cm³/mol. The van der Waals surface area contributed by atoms with Gasteiger partial charge >= 0.3 is 5.97 Å². The summed E-state index contributed by atoms with van der Waals surface area (Å²) >= 11 is 0. The number of hydrogen-bond donors (Lipinski definition) is 0. The molecule has 2 atom stereocenters. The maximum atomic E-state index is 12.0. The first-order chi connectivity index (χ1) is 9.25. The van der Waals surface area contributed by atoms with Gasteiger partial charge in [-0.1, -0.05) is 36.8 Å². The van der Waals surface area contributed by atoms with Gasteiger partial charge in [-0.2, -0.15) is 0 Å². The Morgan fingerprint density at radius 3 is 2.32 bits per heavy atom. The molecule has 1 aromatic rings. The lowest BCUT2D eigenvalue weighted by Crippen LogP contribution is -2.65. The molecule has 0 amide bonds. The van der Waals surface area contributed by atoms with Gasteiger partial charge in [0.25, 0.3) is 0 Å². The number of benzene rings is 1. The van der Waals surface area contributed by atoms with Crippen molar-refractivity contribution in [2.24, 2.45) is 17.8 Å². The minimum Gasteiger partial charge on any atom is -0.469 e. The van der Waals surface area contributed by atoms with E-state index in [0.717, 1.165) is 12.8 Å². The fourth-order valence-electron chi connectivity index (χ4n) is 4.33. The minimum absolute atomic E-state index is 0.0129. The van der Waals surface area contributed by atoms with Crippen LogP contribution in [0.4, 0.5) is 0 Å². The van der Waals surface area contributed by atoms with Crippen LogP contribution in [0.5, 0.6) is 0 Å². The smallest absolute Gasteiger partial charge is 0.309 e. The Balaban J connectivity index is 1.99. The number of methoxy groups -OCH3 is 2. The molecule has 2 unspecified atom stereocenters. The van der Waals surface area contributed by atoms with Crippen LogP contribution >= 0.6 is 0 Å². The molecule has 102 valence electrons. The summed E-state index contributed by atoms with van der Waals surface area (Å²) in [6.07, 6.45) is 3.26. The van der Waals surface area contributed by atoms with E-state index in [9.17, 15) is 4.79 Å². The predicted octanol–water partition coefficient (Wildman–Crippen LogP) is 2.75. The molecule has 0 spiro atoms. The van der Waals surface area contributed by atoms with E-state index >= 15 is 0 Å². The first kappa shape index (κ1) is 12.7. The summed E-state index contributed by atoms with van der Waals surface area (Å²) in [7, 11) is 3.25. The molecule has 0 radical (unpaired) electrons. The molecule has 3 heteroatoms. The van der Waals surface area contributed by atoms with Crippen LogP contribution in [0.25, 0.3) is 0 Å². The molecule has 2 aliphatic rings. The highest BCUT2D eigenvalue weighted by atomic mass is 16.5. The molecule has 3 rings (SSSR count). The number of rotatable bonds is 3. The van der Waals surface area contributed by atoms with Gasteiger partial charge < -0.3 is 9.47 Å². The molecular formula is C16H20O3. The van der Waals surface area contributed by atoms with E-state index in [0.29, 0.717) is 0 Å². The Morgan fingerprint density at radius 2 is 1.79 bits per heavy atom. The van der Waals surface area contributed by atoms with E-state index in [1.807, 2.05) is 18.2 Å². The highest BCUT2D eigenvalue weighted by Gasteiger charge is 2.67. The average Bonchev–Trinajstić information content (AvgIpc) is 2.49. The molecule has 1 aromatic carbocycles. The standard InChI is InChI=1S/C16H20O3/c1-18-15(17)14-12-9-6-10-13(14)16(12,19-2)11-7-4-3-5-8-11/h3-5,7-8,12-14H,6,9-10H2,1-2H3. The van der Waals surface area contributed by atoms with Gasteiger partial charge in [0.1, 0.15) is 0 Å². The Bertz CT molecular complexity index is 456. The third kappa shape index (κ3) is 1.57. The molecule has 2 fully saturated rings.